The van der Waals surface area contributed by atoms with Gasteiger partial charge in [-0.25, -0.2) is 0 Å². The lowest BCUT2D eigenvalue weighted by Crippen LogP contribution is -2.37. The zero-order chi connectivity index (χ0) is 13.8. The molecule has 1 aliphatic rings. The average molecular weight is 269 g/mol. The summed E-state index contributed by atoms with van der Waals surface area (Å²) in [4.78, 5) is 0. The summed E-state index contributed by atoms with van der Waals surface area (Å²) in [6.07, 6.45) is 13.8. The molecule has 0 aliphatic carbocycles. The predicted molar refractivity (Wildman–Crippen MR) is 83.6 cm³/mol. The Morgan fingerprint density at radius 1 is 0.947 bits per heavy atom. The highest BCUT2D eigenvalue weighted by atomic mass is 16.5. The van der Waals surface area contributed by atoms with Gasteiger partial charge in [0.15, 0.2) is 0 Å². The first-order valence-electron chi connectivity index (χ1n) is 8.65. The predicted octanol–water partition coefficient (Wildman–Crippen LogP) is 4.53. The van der Waals surface area contributed by atoms with Crippen LogP contribution in [-0.2, 0) is 4.74 Å². The lowest BCUT2D eigenvalue weighted by atomic mass is 9.93. The van der Waals surface area contributed by atoms with E-state index >= 15 is 0 Å². The molecule has 1 unspecified atom stereocenters. The van der Waals surface area contributed by atoms with Crippen molar-refractivity contribution in [1.29, 1.82) is 0 Å². The van der Waals surface area contributed by atoms with E-state index in [1.54, 1.807) is 0 Å². The third kappa shape index (κ3) is 8.65. The Morgan fingerprint density at radius 2 is 1.53 bits per heavy atom. The Labute approximate surface area is 120 Å². The van der Waals surface area contributed by atoms with E-state index in [2.05, 4.69) is 19.2 Å². The molecular weight excluding hydrogens is 234 g/mol. The third-order valence-electron chi connectivity index (χ3n) is 4.47. The second kappa shape index (κ2) is 11.7. The lowest BCUT2D eigenvalue weighted by molar-refractivity contribution is 0.0560. The van der Waals surface area contributed by atoms with Gasteiger partial charge < -0.3 is 10.1 Å². The molecule has 0 radical (unpaired) electrons. The second-order valence-corrected chi connectivity index (χ2v) is 6.17. The van der Waals surface area contributed by atoms with Crippen molar-refractivity contribution in [2.75, 3.05) is 19.8 Å². The van der Waals surface area contributed by atoms with Gasteiger partial charge in [-0.2, -0.15) is 0 Å². The topological polar surface area (TPSA) is 21.3 Å². The molecule has 0 aromatic rings. The van der Waals surface area contributed by atoms with Crippen LogP contribution in [0.2, 0.25) is 0 Å². The fourth-order valence-corrected chi connectivity index (χ4v) is 2.97. The van der Waals surface area contributed by atoms with Gasteiger partial charge >= 0.3 is 0 Å². The minimum atomic E-state index is 0.674. The summed E-state index contributed by atoms with van der Waals surface area (Å²) in [5.41, 5.74) is 0. The van der Waals surface area contributed by atoms with Crippen LogP contribution in [0.15, 0.2) is 0 Å². The van der Waals surface area contributed by atoms with Crippen LogP contribution in [0.3, 0.4) is 0 Å². The number of ether oxygens (including phenoxy) is 1. The molecule has 2 heteroatoms. The molecule has 0 spiro atoms. The van der Waals surface area contributed by atoms with Crippen molar-refractivity contribution in [2.24, 2.45) is 5.92 Å². The zero-order valence-corrected chi connectivity index (χ0v) is 13.3. The maximum atomic E-state index is 5.42. The summed E-state index contributed by atoms with van der Waals surface area (Å²) in [6, 6.07) is 0.674. The Balaban J connectivity index is 1.84. The summed E-state index contributed by atoms with van der Waals surface area (Å²) in [5, 5.41) is 3.71. The number of rotatable bonds is 11. The summed E-state index contributed by atoms with van der Waals surface area (Å²) in [7, 11) is 0. The Hall–Kier alpha value is -0.0800. The van der Waals surface area contributed by atoms with E-state index in [4.69, 9.17) is 4.74 Å². The molecule has 0 aromatic carbocycles. The first kappa shape index (κ1) is 17.0. The molecular formula is C17H35NO. The van der Waals surface area contributed by atoms with E-state index in [1.807, 2.05) is 0 Å². The molecule has 1 rings (SSSR count). The van der Waals surface area contributed by atoms with Crippen LogP contribution in [-0.4, -0.2) is 25.8 Å². The molecule has 2 nitrogen and oxygen atoms in total. The van der Waals surface area contributed by atoms with Crippen molar-refractivity contribution in [2.45, 2.75) is 84.1 Å². The molecule has 0 bridgehead atoms. The smallest absolute Gasteiger partial charge is 0.0469 e. The summed E-state index contributed by atoms with van der Waals surface area (Å²) < 4.78 is 5.42. The molecule has 1 saturated heterocycles. The van der Waals surface area contributed by atoms with E-state index in [9.17, 15) is 0 Å². The molecule has 0 aromatic heterocycles. The van der Waals surface area contributed by atoms with Crippen molar-refractivity contribution in [1.82, 2.24) is 5.32 Å². The van der Waals surface area contributed by atoms with Crippen LogP contribution in [0.25, 0.3) is 0 Å². The van der Waals surface area contributed by atoms with Crippen LogP contribution in [0, 0.1) is 5.92 Å². The molecule has 1 N–H and O–H groups in total. The van der Waals surface area contributed by atoms with E-state index in [-0.39, 0.29) is 0 Å². The number of hydrogen-bond acceptors (Lipinski definition) is 2. The van der Waals surface area contributed by atoms with Gasteiger partial charge in [0.2, 0.25) is 0 Å². The normalized spacial score (nSPS) is 18.6. The molecule has 114 valence electrons. The van der Waals surface area contributed by atoms with Crippen molar-refractivity contribution in [3.63, 3.8) is 0 Å². The molecule has 1 fully saturated rings. The summed E-state index contributed by atoms with van der Waals surface area (Å²) in [6.45, 7) is 7.77. The first-order chi connectivity index (χ1) is 9.34. The van der Waals surface area contributed by atoms with E-state index in [0.717, 1.165) is 19.1 Å². The Bertz CT molecular complexity index is 190. The molecule has 1 aliphatic heterocycles. The standard InChI is InChI=1S/C17H35NO/c1-3-4-5-6-7-8-9-10-13-18-16(2)17-11-14-19-15-12-17/h16-18H,3-15H2,1-2H3. The monoisotopic (exact) mass is 269 g/mol. The van der Waals surface area contributed by atoms with Crippen molar-refractivity contribution < 1.29 is 4.74 Å². The van der Waals surface area contributed by atoms with E-state index < -0.39 is 0 Å². The average Bonchev–Trinajstić information content (AvgIpc) is 2.46. The molecule has 19 heavy (non-hydrogen) atoms. The minimum Gasteiger partial charge on any atom is -0.381 e. The lowest BCUT2D eigenvalue weighted by Gasteiger charge is -2.28. The fourth-order valence-electron chi connectivity index (χ4n) is 2.97. The highest BCUT2D eigenvalue weighted by molar-refractivity contribution is 4.74. The number of nitrogens with one attached hydrogen (secondary N) is 1. The highest BCUT2D eigenvalue weighted by Gasteiger charge is 2.19. The van der Waals surface area contributed by atoms with Crippen LogP contribution in [0.4, 0.5) is 0 Å². The van der Waals surface area contributed by atoms with Gasteiger partial charge in [-0.1, -0.05) is 51.9 Å². The maximum Gasteiger partial charge on any atom is 0.0469 e. The SMILES string of the molecule is CCCCCCCCCCNC(C)C1CCOCC1. The molecule has 0 amide bonds. The number of hydrogen-bond donors (Lipinski definition) is 1. The van der Waals surface area contributed by atoms with Crippen molar-refractivity contribution in [3.8, 4) is 0 Å². The summed E-state index contributed by atoms with van der Waals surface area (Å²) >= 11 is 0. The van der Waals surface area contributed by atoms with Gasteiger partial charge in [0, 0.05) is 19.3 Å². The maximum absolute atomic E-state index is 5.42. The van der Waals surface area contributed by atoms with Crippen molar-refractivity contribution in [3.05, 3.63) is 0 Å². The zero-order valence-electron chi connectivity index (χ0n) is 13.3. The first-order valence-corrected chi connectivity index (χ1v) is 8.65. The van der Waals surface area contributed by atoms with Crippen LogP contribution in [0.5, 0.6) is 0 Å². The summed E-state index contributed by atoms with van der Waals surface area (Å²) in [5.74, 6) is 0.836. The van der Waals surface area contributed by atoms with Gasteiger partial charge in [0.1, 0.15) is 0 Å². The highest BCUT2D eigenvalue weighted by Crippen LogP contribution is 2.18. The Kier molecular flexibility index (Phi) is 10.5. The number of unbranched alkanes of at least 4 members (excludes halogenated alkanes) is 7. The quantitative estimate of drug-likeness (QED) is 0.556. The van der Waals surface area contributed by atoms with E-state index in [1.165, 1.54) is 70.8 Å². The van der Waals surface area contributed by atoms with Gasteiger partial charge in [0.25, 0.3) is 0 Å². The second-order valence-electron chi connectivity index (χ2n) is 6.17. The molecule has 1 atom stereocenters. The fraction of sp³-hybridized carbons (Fsp3) is 1.00. The van der Waals surface area contributed by atoms with Gasteiger partial charge in [-0.05, 0) is 38.6 Å². The molecule has 1 heterocycles. The van der Waals surface area contributed by atoms with E-state index in [0.29, 0.717) is 6.04 Å². The molecule has 0 saturated carbocycles. The van der Waals surface area contributed by atoms with Gasteiger partial charge in [-0.15, -0.1) is 0 Å². The minimum absolute atomic E-state index is 0.674. The van der Waals surface area contributed by atoms with Crippen LogP contribution < -0.4 is 5.32 Å². The largest absolute Gasteiger partial charge is 0.381 e. The van der Waals surface area contributed by atoms with Crippen molar-refractivity contribution >= 4 is 0 Å². The van der Waals surface area contributed by atoms with Crippen LogP contribution >= 0.6 is 0 Å². The van der Waals surface area contributed by atoms with Crippen LogP contribution in [0.1, 0.15) is 78.1 Å². The Morgan fingerprint density at radius 3 is 2.16 bits per heavy atom. The van der Waals surface area contributed by atoms with Gasteiger partial charge in [-0.3, -0.25) is 0 Å². The van der Waals surface area contributed by atoms with Gasteiger partial charge in [0.05, 0.1) is 0 Å². The third-order valence-corrected chi connectivity index (χ3v) is 4.47.